The minimum Gasteiger partial charge on any atom is -0.369 e. The van der Waals surface area contributed by atoms with Crippen LogP contribution in [0.25, 0.3) is 0 Å². The van der Waals surface area contributed by atoms with Crippen molar-refractivity contribution in [2.45, 2.75) is 13.3 Å². The molecular formula is C11H13BrN2O2. The summed E-state index contributed by atoms with van der Waals surface area (Å²) in [4.78, 5) is 22.5. The predicted octanol–water partition coefficient (Wildman–Crippen LogP) is 0.968. The molecule has 86 valence electrons. The molecule has 4 nitrogen and oxygen atoms in total. The average molecular weight is 285 g/mol. The largest absolute Gasteiger partial charge is 0.369 e. The highest BCUT2D eigenvalue weighted by molar-refractivity contribution is 9.10. The Kier molecular flexibility index (Phi) is 3.70. The monoisotopic (exact) mass is 284 g/mol. The van der Waals surface area contributed by atoms with E-state index in [1.165, 1.54) is 6.92 Å². The van der Waals surface area contributed by atoms with E-state index in [2.05, 4.69) is 15.9 Å². The van der Waals surface area contributed by atoms with Gasteiger partial charge in [0.15, 0.2) is 0 Å². The van der Waals surface area contributed by atoms with Gasteiger partial charge in [0.25, 0.3) is 0 Å². The SMILES string of the molecule is CC(Cc1ccc(Br)cc1)(C(N)=O)C(N)=O. The topological polar surface area (TPSA) is 86.2 Å². The summed E-state index contributed by atoms with van der Waals surface area (Å²) in [6.45, 7) is 1.46. The Morgan fingerprint density at radius 2 is 1.62 bits per heavy atom. The van der Waals surface area contributed by atoms with Crippen LogP contribution in [0, 0.1) is 5.41 Å². The fraction of sp³-hybridized carbons (Fsp3) is 0.273. The molecule has 0 radical (unpaired) electrons. The van der Waals surface area contributed by atoms with Gasteiger partial charge in [0.05, 0.1) is 0 Å². The normalized spacial score (nSPS) is 11.1. The number of rotatable bonds is 4. The molecule has 0 fully saturated rings. The number of carbonyl (C=O) groups is 2. The zero-order valence-corrected chi connectivity index (χ0v) is 10.5. The van der Waals surface area contributed by atoms with Crippen molar-refractivity contribution in [3.05, 3.63) is 34.3 Å². The van der Waals surface area contributed by atoms with Gasteiger partial charge in [-0.25, -0.2) is 0 Å². The van der Waals surface area contributed by atoms with Gasteiger partial charge >= 0.3 is 0 Å². The number of nitrogens with two attached hydrogens (primary N) is 2. The second-order valence-electron chi connectivity index (χ2n) is 3.86. The van der Waals surface area contributed by atoms with Crippen LogP contribution in [0.3, 0.4) is 0 Å². The van der Waals surface area contributed by atoms with E-state index in [0.29, 0.717) is 0 Å². The van der Waals surface area contributed by atoms with Gasteiger partial charge < -0.3 is 11.5 Å². The lowest BCUT2D eigenvalue weighted by molar-refractivity contribution is -0.138. The summed E-state index contributed by atoms with van der Waals surface area (Å²) < 4.78 is 0.927. The fourth-order valence-electron chi connectivity index (χ4n) is 1.31. The summed E-state index contributed by atoms with van der Waals surface area (Å²) >= 11 is 3.30. The summed E-state index contributed by atoms with van der Waals surface area (Å²) in [5, 5.41) is 0. The molecule has 0 aliphatic heterocycles. The number of halogens is 1. The van der Waals surface area contributed by atoms with Crippen LogP contribution in [0.1, 0.15) is 12.5 Å². The highest BCUT2D eigenvalue weighted by Gasteiger charge is 2.37. The Morgan fingerprint density at radius 3 is 2.00 bits per heavy atom. The van der Waals surface area contributed by atoms with Crippen molar-refractivity contribution in [3.63, 3.8) is 0 Å². The molecule has 0 aliphatic rings. The van der Waals surface area contributed by atoms with Crippen LogP contribution in [0.2, 0.25) is 0 Å². The Balaban J connectivity index is 2.97. The quantitative estimate of drug-likeness (QED) is 0.807. The van der Waals surface area contributed by atoms with Gasteiger partial charge in [-0.2, -0.15) is 0 Å². The van der Waals surface area contributed by atoms with Crippen LogP contribution >= 0.6 is 15.9 Å². The molecule has 0 unspecified atom stereocenters. The van der Waals surface area contributed by atoms with Gasteiger partial charge in [-0.3, -0.25) is 9.59 Å². The first-order valence-electron chi connectivity index (χ1n) is 4.70. The molecule has 2 amide bonds. The molecule has 0 aromatic heterocycles. The lowest BCUT2D eigenvalue weighted by Crippen LogP contribution is -2.46. The standard InChI is InChI=1S/C11H13BrN2O2/c1-11(9(13)15,10(14)16)6-7-2-4-8(12)5-3-7/h2-5H,6H2,1H3,(H2,13,15)(H2,14,16). The second-order valence-corrected chi connectivity index (χ2v) is 4.78. The molecule has 4 N–H and O–H groups in total. The smallest absolute Gasteiger partial charge is 0.233 e. The minimum atomic E-state index is -1.34. The molecular weight excluding hydrogens is 272 g/mol. The molecule has 1 aromatic carbocycles. The van der Waals surface area contributed by atoms with E-state index in [1.807, 2.05) is 24.3 Å². The van der Waals surface area contributed by atoms with E-state index in [1.54, 1.807) is 0 Å². The molecule has 1 rings (SSSR count). The average Bonchev–Trinajstić information content (AvgIpc) is 2.20. The first-order chi connectivity index (χ1) is 7.36. The van der Waals surface area contributed by atoms with Crippen LogP contribution in [0.15, 0.2) is 28.7 Å². The van der Waals surface area contributed by atoms with Crippen molar-refractivity contribution in [1.29, 1.82) is 0 Å². The van der Waals surface area contributed by atoms with Crippen molar-refractivity contribution in [1.82, 2.24) is 0 Å². The number of benzene rings is 1. The lowest BCUT2D eigenvalue weighted by atomic mass is 9.82. The van der Waals surface area contributed by atoms with Crippen LogP contribution in [-0.4, -0.2) is 11.8 Å². The zero-order valence-electron chi connectivity index (χ0n) is 8.87. The third-order valence-corrected chi connectivity index (χ3v) is 3.09. The van der Waals surface area contributed by atoms with E-state index >= 15 is 0 Å². The van der Waals surface area contributed by atoms with Gasteiger partial charge in [0.1, 0.15) is 5.41 Å². The summed E-state index contributed by atoms with van der Waals surface area (Å²) in [7, 11) is 0. The zero-order chi connectivity index (χ0) is 12.3. The number of hydrogen-bond donors (Lipinski definition) is 2. The maximum absolute atomic E-state index is 11.2. The Morgan fingerprint density at radius 1 is 1.19 bits per heavy atom. The molecule has 0 saturated heterocycles. The summed E-state index contributed by atoms with van der Waals surface area (Å²) in [5.41, 5.74) is 9.90. The third-order valence-electron chi connectivity index (χ3n) is 2.56. The van der Waals surface area contributed by atoms with E-state index in [0.717, 1.165) is 10.0 Å². The molecule has 0 saturated carbocycles. The third kappa shape index (κ3) is 2.61. The molecule has 5 heteroatoms. The molecule has 0 heterocycles. The second kappa shape index (κ2) is 4.65. The summed E-state index contributed by atoms with van der Waals surface area (Å²) in [5.74, 6) is -1.41. The molecule has 0 bridgehead atoms. The van der Waals surface area contributed by atoms with Gasteiger partial charge in [0.2, 0.25) is 11.8 Å². The first-order valence-corrected chi connectivity index (χ1v) is 5.50. The van der Waals surface area contributed by atoms with Crippen molar-refractivity contribution < 1.29 is 9.59 Å². The number of carbonyl (C=O) groups excluding carboxylic acids is 2. The molecule has 16 heavy (non-hydrogen) atoms. The van der Waals surface area contributed by atoms with Gasteiger partial charge in [0, 0.05) is 4.47 Å². The highest BCUT2D eigenvalue weighted by atomic mass is 79.9. The lowest BCUT2D eigenvalue weighted by Gasteiger charge is -2.21. The highest BCUT2D eigenvalue weighted by Crippen LogP contribution is 2.23. The van der Waals surface area contributed by atoms with Crippen LogP contribution in [-0.2, 0) is 16.0 Å². The van der Waals surface area contributed by atoms with E-state index < -0.39 is 17.2 Å². The number of amides is 2. The first kappa shape index (κ1) is 12.7. The summed E-state index contributed by atoms with van der Waals surface area (Å²) in [6, 6.07) is 7.29. The van der Waals surface area contributed by atoms with Crippen LogP contribution in [0.4, 0.5) is 0 Å². The Labute approximate surface area is 102 Å². The van der Waals surface area contributed by atoms with E-state index in [9.17, 15) is 9.59 Å². The predicted molar refractivity (Wildman–Crippen MR) is 64.3 cm³/mol. The van der Waals surface area contributed by atoms with E-state index in [4.69, 9.17) is 11.5 Å². The number of hydrogen-bond acceptors (Lipinski definition) is 2. The van der Waals surface area contributed by atoms with Crippen LogP contribution < -0.4 is 11.5 Å². The Hall–Kier alpha value is -1.36. The van der Waals surface area contributed by atoms with Gasteiger partial charge in [-0.15, -0.1) is 0 Å². The van der Waals surface area contributed by atoms with Gasteiger partial charge in [-0.05, 0) is 31.0 Å². The fourth-order valence-corrected chi connectivity index (χ4v) is 1.57. The molecule has 1 aromatic rings. The van der Waals surface area contributed by atoms with Crippen molar-refractivity contribution in [2.75, 3.05) is 0 Å². The minimum absolute atomic E-state index is 0.213. The maximum Gasteiger partial charge on any atom is 0.233 e. The van der Waals surface area contributed by atoms with Crippen molar-refractivity contribution in [2.24, 2.45) is 16.9 Å². The van der Waals surface area contributed by atoms with Crippen LogP contribution in [0.5, 0.6) is 0 Å². The van der Waals surface area contributed by atoms with Crippen molar-refractivity contribution in [3.8, 4) is 0 Å². The van der Waals surface area contributed by atoms with E-state index in [-0.39, 0.29) is 6.42 Å². The maximum atomic E-state index is 11.2. The molecule has 0 atom stereocenters. The molecule has 0 aliphatic carbocycles. The van der Waals surface area contributed by atoms with Crippen molar-refractivity contribution >= 4 is 27.7 Å². The number of primary amides is 2. The molecule has 0 spiro atoms. The Bertz CT molecular complexity index is 400. The van der Waals surface area contributed by atoms with Gasteiger partial charge in [-0.1, -0.05) is 28.1 Å². The summed E-state index contributed by atoms with van der Waals surface area (Å²) in [6.07, 6.45) is 0.213.